The molecule has 1 atom stereocenters. The van der Waals surface area contributed by atoms with Gasteiger partial charge in [0, 0.05) is 6.42 Å². The first kappa shape index (κ1) is 9.93. The monoisotopic (exact) mass is 202 g/mol. The topological polar surface area (TPSA) is 48.9 Å². The van der Waals surface area contributed by atoms with Crippen LogP contribution in [0.3, 0.4) is 0 Å². The number of benzene rings is 1. The third-order valence-corrected chi connectivity index (χ3v) is 2.39. The maximum Gasteiger partial charge on any atom is 0.107 e. The first-order valence-corrected chi connectivity index (χ1v) is 5.04. The van der Waals surface area contributed by atoms with E-state index < -0.39 is 6.10 Å². The number of fused-ring (bicyclic) bond motifs is 1. The van der Waals surface area contributed by atoms with Crippen molar-refractivity contribution in [2.75, 3.05) is 0 Å². The van der Waals surface area contributed by atoms with E-state index in [1.807, 2.05) is 24.3 Å². The summed E-state index contributed by atoms with van der Waals surface area (Å²) in [6.07, 6.45) is 2.49. The lowest BCUT2D eigenvalue weighted by Gasteiger charge is -2.01. The minimum atomic E-state index is -0.446. The lowest BCUT2D eigenvalue weighted by atomic mass is 10.2. The van der Waals surface area contributed by atoms with Gasteiger partial charge < -0.3 is 10.1 Å². The van der Waals surface area contributed by atoms with Crippen LogP contribution in [0.5, 0.6) is 0 Å². The van der Waals surface area contributed by atoms with Gasteiger partial charge in [-0.3, -0.25) is 0 Å². The minimum absolute atomic E-state index is 0.446. The second-order valence-corrected chi connectivity index (χ2v) is 3.54. The first-order valence-electron chi connectivity index (χ1n) is 5.04. The fourth-order valence-electron chi connectivity index (χ4n) is 1.53. The maximum atomic E-state index is 9.33. The van der Waals surface area contributed by atoms with Gasteiger partial charge in [0.1, 0.15) is 5.82 Å². The van der Waals surface area contributed by atoms with Gasteiger partial charge in [0.25, 0.3) is 0 Å². The largest absolute Gasteiger partial charge is 0.389 e. The van der Waals surface area contributed by atoms with E-state index in [1.165, 1.54) is 0 Å². The normalized spacial score (nSPS) is 12.9. The van der Waals surface area contributed by atoms with Crippen molar-refractivity contribution in [2.45, 2.75) is 18.9 Å². The van der Waals surface area contributed by atoms with Crippen LogP contribution in [0.25, 0.3) is 11.0 Å². The Labute approximate surface area is 88.5 Å². The standard InChI is InChI=1S/C12H14N2O/c1-2-9(15)7-8-12-13-10-5-3-4-6-11(10)14-12/h2-6,9,15H,1,7-8H2,(H,13,14). The van der Waals surface area contributed by atoms with Gasteiger partial charge in [0.15, 0.2) is 0 Å². The molecule has 1 aromatic heterocycles. The molecule has 1 aromatic carbocycles. The van der Waals surface area contributed by atoms with Gasteiger partial charge in [-0.1, -0.05) is 18.2 Å². The van der Waals surface area contributed by atoms with Gasteiger partial charge in [-0.15, -0.1) is 6.58 Å². The molecule has 2 N–H and O–H groups in total. The van der Waals surface area contributed by atoms with Crippen LogP contribution in [0.2, 0.25) is 0 Å². The highest BCUT2D eigenvalue weighted by Crippen LogP contribution is 2.11. The molecule has 0 aliphatic rings. The van der Waals surface area contributed by atoms with Gasteiger partial charge in [-0.05, 0) is 18.6 Å². The Morgan fingerprint density at radius 1 is 1.47 bits per heavy atom. The van der Waals surface area contributed by atoms with Gasteiger partial charge in [0.2, 0.25) is 0 Å². The summed E-state index contributed by atoms with van der Waals surface area (Å²) in [5, 5.41) is 9.33. The molecule has 0 saturated heterocycles. The average molecular weight is 202 g/mol. The number of nitrogens with zero attached hydrogens (tertiary/aromatic N) is 1. The predicted octanol–water partition coefficient (Wildman–Crippen LogP) is 2.04. The number of hydrogen-bond acceptors (Lipinski definition) is 2. The van der Waals surface area contributed by atoms with E-state index in [9.17, 15) is 5.11 Å². The summed E-state index contributed by atoms with van der Waals surface area (Å²) < 4.78 is 0. The number of imidazole rings is 1. The maximum absolute atomic E-state index is 9.33. The van der Waals surface area contributed by atoms with Crippen molar-refractivity contribution in [3.8, 4) is 0 Å². The Balaban J connectivity index is 2.12. The Morgan fingerprint density at radius 3 is 3.00 bits per heavy atom. The fourth-order valence-corrected chi connectivity index (χ4v) is 1.53. The van der Waals surface area contributed by atoms with Gasteiger partial charge in [-0.2, -0.15) is 0 Å². The summed E-state index contributed by atoms with van der Waals surface area (Å²) in [5.74, 6) is 0.914. The number of aromatic nitrogens is 2. The number of H-pyrrole nitrogens is 1. The minimum Gasteiger partial charge on any atom is -0.389 e. The quantitative estimate of drug-likeness (QED) is 0.745. The molecule has 3 nitrogen and oxygen atoms in total. The molecule has 78 valence electrons. The van der Waals surface area contributed by atoms with Crippen LogP contribution in [0.1, 0.15) is 12.2 Å². The van der Waals surface area contributed by atoms with E-state index >= 15 is 0 Å². The van der Waals surface area contributed by atoms with Gasteiger partial charge in [0.05, 0.1) is 17.1 Å². The number of hydrogen-bond donors (Lipinski definition) is 2. The molecule has 0 aliphatic heterocycles. The third-order valence-electron chi connectivity index (χ3n) is 2.39. The summed E-state index contributed by atoms with van der Waals surface area (Å²) >= 11 is 0. The van der Waals surface area contributed by atoms with Crippen molar-refractivity contribution in [2.24, 2.45) is 0 Å². The van der Waals surface area contributed by atoms with Crippen LogP contribution < -0.4 is 0 Å². The molecule has 0 saturated carbocycles. The Hall–Kier alpha value is -1.61. The molecule has 1 unspecified atom stereocenters. The van der Waals surface area contributed by atoms with Crippen LogP contribution >= 0.6 is 0 Å². The van der Waals surface area contributed by atoms with Crippen LogP contribution in [-0.2, 0) is 6.42 Å². The molecule has 3 heteroatoms. The van der Waals surface area contributed by atoms with Crippen molar-refractivity contribution in [3.05, 3.63) is 42.7 Å². The van der Waals surface area contributed by atoms with Gasteiger partial charge >= 0.3 is 0 Å². The van der Waals surface area contributed by atoms with Crippen molar-refractivity contribution >= 4 is 11.0 Å². The molecule has 15 heavy (non-hydrogen) atoms. The molecule has 0 bridgehead atoms. The van der Waals surface area contributed by atoms with Crippen LogP contribution in [0, 0.1) is 0 Å². The van der Waals surface area contributed by atoms with E-state index in [0.717, 1.165) is 23.3 Å². The summed E-state index contributed by atoms with van der Waals surface area (Å²) in [5.41, 5.74) is 2.01. The number of aromatic amines is 1. The van der Waals surface area contributed by atoms with E-state index in [4.69, 9.17) is 0 Å². The number of aryl methyl sites for hydroxylation is 1. The van der Waals surface area contributed by atoms with E-state index in [1.54, 1.807) is 6.08 Å². The highest BCUT2D eigenvalue weighted by atomic mass is 16.3. The highest BCUT2D eigenvalue weighted by molar-refractivity contribution is 5.74. The van der Waals surface area contributed by atoms with Crippen LogP contribution in [0.4, 0.5) is 0 Å². The second kappa shape index (κ2) is 4.28. The number of aliphatic hydroxyl groups is 1. The first-order chi connectivity index (χ1) is 7.29. The van der Waals surface area contributed by atoms with E-state index in [-0.39, 0.29) is 0 Å². The second-order valence-electron chi connectivity index (χ2n) is 3.54. The predicted molar refractivity (Wildman–Crippen MR) is 60.6 cm³/mol. The molecule has 0 aliphatic carbocycles. The Bertz CT molecular complexity index is 428. The van der Waals surface area contributed by atoms with Gasteiger partial charge in [-0.25, -0.2) is 4.98 Å². The number of para-hydroxylation sites is 2. The molecule has 2 rings (SSSR count). The fraction of sp³-hybridized carbons (Fsp3) is 0.250. The molecule has 0 radical (unpaired) electrons. The van der Waals surface area contributed by atoms with Crippen molar-refractivity contribution in [1.82, 2.24) is 9.97 Å². The molecule has 0 fully saturated rings. The zero-order valence-corrected chi connectivity index (χ0v) is 8.48. The number of nitrogens with one attached hydrogen (secondary N) is 1. The molecule has 0 spiro atoms. The summed E-state index contributed by atoms with van der Waals surface area (Å²) in [4.78, 5) is 7.64. The molecule has 2 aromatic rings. The van der Waals surface area contributed by atoms with Crippen molar-refractivity contribution in [3.63, 3.8) is 0 Å². The number of aliphatic hydroxyl groups excluding tert-OH is 1. The summed E-state index contributed by atoms with van der Waals surface area (Å²) in [6, 6.07) is 7.91. The summed E-state index contributed by atoms with van der Waals surface area (Å²) in [6.45, 7) is 3.54. The van der Waals surface area contributed by atoms with Crippen LogP contribution in [0.15, 0.2) is 36.9 Å². The third kappa shape index (κ3) is 2.25. The molecule has 1 heterocycles. The Kier molecular flexibility index (Phi) is 2.83. The van der Waals surface area contributed by atoms with Crippen LogP contribution in [-0.4, -0.2) is 21.2 Å². The number of rotatable bonds is 4. The Morgan fingerprint density at radius 2 is 2.27 bits per heavy atom. The molecular formula is C12H14N2O. The SMILES string of the molecule is C=CC(O)CCc1nc2ccccc2[nH]1. The zero-order valence-electron chi connectivity index (χ0n) is 8.48. The van der Waals surface area contributed by atoms with Crippen molar-refractivity contribution < 1.29 is 5.11 Å². The highest BCUT2D eigenvalue weighted by Gasteiger charge is 2.04. The molecular weight excluding hydrogens is 188 g/mol. The summed E-state index contributed by atoms with van der Waals surface area (Å²) in [7, 11) is 0. The average Bonchev–Trinajstić information content (AvgIpc) is 2.68. The lowest BCUT2D eigenvalue weighted by molar-refractivity contribution is 0.212. The smallest absolute Gasteiger partial charge is 0.107 e. The lowest BCUT2D eigenvalue weighted by Crippen LogP contribution is -2.03. The zero-order chi connectivity index (χ0) is 10.7. The van der Waals surface area contributed by atoms with Crippen molar-refractivity contribution in [1.29, 1.82) is 0 Å². The van der Waals surface area contributed by atoms with E-state index in [0.29, 0.717) is 6.42 Å². The molecule has 0 amide bonds. The van der Waals surface area contributed by atoms with E-state index in [2.05, 4.69) is 16.5 Å².